The number of aromatic nitrogens is 4. The molecule has 0 atom stereocenters. The van der Waals surface area contributed by atoms with Crippen LogP contribution in [-0.4, -0.2) is 57.4 Å². The number of rotatable bonds is 5. The SMILES string of the molecule is CN(CCn1cccnc1=O)C1CN(c2cc3c(nn2)CCCC3)C1. The lowest BCUT2D eigenvalue weighted by atomic mass is 9.96. The van der Waals surface area contributed by atoms with E-state index in [0.717, 1.165) is 38.3 Å². The van der Waals surface area contributed by atoms with Crippen LogP contribution in [0.5, 0.6) is 0 Å². The quantitative estimate of drug-likeness (QED) is 0.799. The number of aryl methyl sites for hydroxylation is 2. The average Bonchev–Trinajstić information content (AvgIpc) is 2.60. The van der Waals surface area contributed by atoms with E-state index in [1.165, 1.54) is 30.3 Å². The minimum atomic E-state index is -0.185. The summed E-state index contributed by atoms with van der Waals surface area (Å²) in [5, 5.41) is 8.84. The van der Waals surface area contributed by atoms with Crippen molar-refractivity contribution in [2.75, 3.05) is 31.6 Å². The van der Waals surface area contributed by atoms with Crippen LogP contribution in [0.3, 0.4) is 0 Å². The molecule has 0 N–H and O–H groups in total. The highest BCUT2D eigenvalue weighted by molar-refractivity contribution is 5.45. The smallest absolute Gasteiger partial charge is 0.347 e. The number of nitrogens with zero attached hydrogens (tertiary/aromatic N) is 6. The topological polar surface area (TPSA) is 67.2 Å². The zero-order valence-electron chi connectivity index (χ0n) is 14.6. The van der Waals surface area contributed by atoms with E-state index in [9.17, 15) is 4.79 Å². The van der Waals surface area contributed by atoms with Gasteiger partial charge in [-0.3, -0.25) is 9.47 Å². The Morgan fingerprint density at radius 1 is 1.24 bits per heavy atom. The largest absolute Gasteiger partial charge is 0.352 e. The van der Waals surface area contributed by atoms with Gasteiger partial charge in [-0.2, -0.15) is 5.10 Å². The Kier molecular flexibility index (Phi) is 4.48. The summed E-state index contributed by atoms with van der Waals surface area (Å²) in [5.41, 5.74) is 2.38. The maximum absolute atomic E-state index is 11.6. The molecule has 0 radical (unpaired) electrons. The van der Waals surface area contributed by atoms with E-state index >= 15 is 0 Å². The van der Waals surface area contributed by atoms with E-state index < -0.39 is 0 Å². The van der Waals surface area contributed by atoms with E-state index in [0.29, 0.717) is 12.6 Å². The van der Waals surface area contributed by atoms with Crippen LogP contribution < -0.4 is 10.6 Å². The van der Waals surface area contributed by atoms with Gasteiger partial charge < -0.3 is 4.90 Å². The summed E-state index contributed by atoms with van der Waals surface area (Å²) in [4.78, 5) is 20.0. The molecule has 0 amide bonds. The predicted octanol–water partition coefficient (Wildman–Crippen LogP) is 0.733. The molecule has 2 aliphatic rings. The van der Waals surface area contributed by atoms with Crippen LogP contribution in [0.4, 0.5) is 5.82 Å². The molecule has 0 aromatic carbocycles. The van der Waals surface area contributed by atoms with Crippen molar-refractivity contribution in [3.05, 3.63) is 46.3 Å². The molecule has 0 unspecified atom stereocenters. The van der Waals surface area contributed by atoms with Crippen molar-refractivity contribution < 1.29 is 0 Å². The number of anilines is 1. The molecule has 25 heavy (non-hydrogen) atoms. The maximum atomic E-state index is 11.6. The second-order valence-electron chi connectivity index (χ2n) is 7.02. The van der Waals surface area contributed by atoms with Crippen LogP contribution in [0.15, 0.2) is 29.3 Å². The van der Waals surface area contributed by atoms with Crippen LogP contribution >= 0.6 is 0 Å². The van der Waals surface area contributed by atoms with Gasteiger partial charge in [-0.05, 0) is 50.4 Å². The Bertz CT molecular complexity index is 798. The first-order chi connectivity index (χ1) is 12.2. The van der Waals surface area contributed by atoms with Gasteiger partial charge in [0.1, 0.15) is 0 Å². The molecule has 0 bridgehead atoms. The summed E-state index contributed by atoms with van der Waals surface area (Å²) in [5.74, 6) is 1.01. The van der Waals surface area contributed by atoms with Gasteiger partial charge in [-0.1, -0.05) is 0 Å². The van der Waals surface area contributed by atoms with Gasteiger partial charge in [0, 0.05) is 44.6 Å². The fourth-order valence-electron chi connectivity index (χ4n) is 3.56. The Balaban J connectivity index is 1.31. The summed E-state index contributed by atoms with van der Waals surface area (Å²) in [7, 11) is 2.11. The molecule has 4 rings (SSSR count). The van der Waals surface area contributed by atoms with Gasteiger partial charge in [0.25, 0.3) is 0 Å². The summed E-state index contributed by atoms with van der Waals surface area (Å²) >= 11 is 0. The van der Waals surface area contributed by atoms with Crippen molar-refractivity contribution in [2.45, 2.75) is 38.3 Å². The molecule has 132 valence electrons. The van der Waals surface area contributed by atoms with Gasteiger partial charge in [0.05, 0.1) is 5.69 Å². The summed E-state index contributed by atoms with van der Waals surface area (Å²) in [6, 6.07) is 4.51. The molecule has 7 nitrogen and oxygen atoms in total. The molecule has 2 aromatic heterocycles. The molecule has 3 heterocycles. The monoisotopic (exact) mass is 340 g/mol. The fraction of sp³-hybridized carbons (Fsp3) is 0.556. The molecule has 1 fully saturated rings. The van der Waals surface area contributed by atoms with Gasteiger partial charge in [0.15, 0.2) is 5.82 Å². The van der Waals surface area contributed by atoms with Crippen molar-refractivity contribution in [1.82, 2.24) is 24.6 Å². The molecule has 7 heteroatoms. The zero-order chi connectivity index (χ0) is 17.2. The third kappa shape index (κ3) is 3.42. The second kappa shape index (κ2) is 6.92. The van der Waals surface area contributed by atoms with E-state index in [1.807, 2.05) is 0 Å². The van der Waals surface area contributed by atoms with E-state index in [2.05, 4.69) is 38.1 Å². The highest BCUT2D eigenvalue weighted by Crippen LogP contribution is 2.25. The molecule has 0 spiro atoms. The summed E-state index contributed by atoms with van der Waals surface area (Å²) < 4.78 is 1.65. The number of fused-ring (bicyclic) bond motifs is 1. The fourth-order valence-corrected chi connectivity index (χ4v) is 3.56. The van der Waals surface area contributed by atoms with Crippen molar-refractivity contribution in [2.24, 2.45) is 0 Å². The van der Waals surface area contributed by atoms with Crippen molar-refractivity contribution >= 4 is 5.82 Å². The normalized spacial score (nSPS) is 17.4. The highest BCUT2D eigenvalue weighted by Gasteiger charge is 2.31. The lowest BCUT2D eigenvalue weighted by Crippen LogP contribution is -2.59. The van der Waals surface area contributed by atoms with Crippen LogP contribution in [0.2, 0.25) is 0 Å². The Labute approximate surface area is 147 Å². The van der Waals surface area contributed by atoms with Crippen molar-refractivity contribution in [1.29, 1.82) is 0 Å². The summed E-state index contributed by atoms with van der Waals surface area (Å²) in [6.45, 7) is 3.43. The van der Waals surface area contributed by atoms with E-state index in [-0.39, 0.29) is 5.69 Å². The molecular weight excluding hydrogens is 316 g/mol. The van der Waals surface area contributed by atoms with Gasteiger partial charge in [-0.15, -0.1) is 5.10 Å². The minimum absolute atomic E-state index is 0.185. The first kappa shape index (κ1) is 16.2. The van der Waals surface area contributed by atoms with Crippen LogP contribution in [0.25, 0.3) is 0 Å². The number of likely N-dealkylation sites (N-methyl/N-ethyl adjacent to an activating group) is 1. The van der Waals surface area contributed by atoms with Crippen LogP contribution in [0.1, 0.15) is 24.1 Å². The number of hydrogen-bond donors (Lipinski definition) is 0. The third-order valence-corrected chi connectivity index (χ3v) is 5.34. The van der Waals surface area contributed by atoms with Crippen molar-refractivity contribution in [3.63, 3.8) is 0 Å². The Morgan fingerprint density at radius 3 is 2.92 bits per heavy atom. The average molecular weight is 340 g/mol. The minimum Gasteiger partial charge on any atom is -0.352 e. The van der Waals surface area contributed by atoms with Crippen molar-refractivity contribution in [3.8, 4) is 0 Å². The molecule has 1 aliphatic carbocycles. The van der Waals surface area contributed by atoms with E-state index in [1.54, 1.807) is 16.8 Å². The van der Waals surface area contributed by atoms with Gasteiger partial charge >= 0.3 is 5.69 Å². The molecule has 2 aromatic rings. The molecule has 1 saturated heterocycles. The zero-order valence-corrected chi connectivity index (χ0v) is 14.6. The maximum Gasteiger partial charge on any atom is 0.347 e. The van der Waals surface area contributed by atoms with Gasteiger partial charge in [0.2, 0.25) is 0 Å². The number of hydrogen-bond acceptors (Lipinski definition) is 6. The van der Waals surface area contributed by atoms with Crippen LogP contribution in [0, 0.1) is 0 Å². The Hall–Kier alpha value is -2.28. The molecule has 0 saturated carbocycles. The summed E-state index contributed by atoms with van der Waals surface area (Å²) in [6.07, 6.45) is 8.02. The Morgan fingerprint density at radius 2 is 2.08 bits per heavy atom. The van der Waals surface area contributed by atoms with E-state index in [4.69, 9.17) is 0 Å². The second-order valence-corrected chi connectivity index (χ2v) is 7.02. The third-order valence-electron chi connectivity index (χ3n) is 5.34. The van der Waals surface area contributed by atoms with Crippen LogP contribution in [-0.2, 0) is 19.4 Å². The lowest BCUT2D eigenvalue weighted by Gasteiger charge is -2.44. The van der Waals surface area contributed by atoms with Gasteiger partial charge in [-0.25, -0.2) is 9.78 Å². The predicted molar refractivity (Wildman–Crippen MR) is 95.8 cm³/mol. The molecular formula is C18H24N6O. The standard InChI is InChI=1S/C18H24N6O/c1-22(9-10-23-8-4-7-19-18(23)25)15-12-24(13-15)17-11-14-5-2-3-6-16(14)20-21-17/h4,7-8,11,15H,2-3,5-6,9-10,12-13H2,1H3. The highest BCUT2D eigenvalue weighted by atomic mass is 16.1. The first-order valence-electron chi connectivity index (χ1n) is 9.03. The molecule has 1 aliphatic heterocycles. The first-order valence-corrected chi connectivity index (χ1v) is 9.03. The lowest BCUT2D eigenvalue weighted by molar-refractivity contribution is 0.196.